The zero-order valence-corrected chi connectivity index (χ0v) is 12.9. The molecule has 0 aliphatic heterocycles. The molecule has 0 radical (unpaired) electrons. The third-order valence-corrected chi connectivity index (χ3v) is 5.06. The molecule has 3 aromatic rings. The molecule has 0 saturated carbocycles. The lowest BCUT2D eigenvalue weighted by Gasteiger charge is -2.05. The van der Waals surface area contributed by atoms with Crippen molar-refractivity contribution in [3.63, 3.8) is 0 Å². The van der Waals surface area contributed by atoms with Crippen molar-refractivity contribution in [1.82, 2.24) is 4.98 Å². The summed E-state index contributed by atoms with van der Waals surface area (Å²) in [7, 11) is 0. The molecule has 0 atom stereocenters. The fourth-order valence-corrected chi connectivity index (χ4v) is 4.02. The summed E-state index contributed by atoms with van der Waals surface area (Å²) >= 11 is 3.61. The first-order chi connectivity index (χ1) is 9.11. The van der Waals surface area contributed by atoms with E-state index in [0.717, 1.165) is 17.1 Å². The van der Waals surface area contributed by atoms with Crippen LogP contribution in [-0.2, 0) is 6.54 Å². The molecule has 0 saturated heterocycles. The fourth-order valence-electron chi connectivity index (χ4n) is 2.21. The Labute approximate surface area is 121 Å². The summed E-state index contributed by atoms with van der Waals surface area (Å²) in [5.74, 6) is 0. The lowest BCUT2D eigenvalue weighted by atomic mass is 10.2. The number of aromatic nitrogens is 1. The third-order valence-electron chi connectivity index (χ3n) is 3.12. The van der Waals surface area contributed by atoms with Gasteiger partial charge in [-0.25, -0.2) is 4.98 Å². The van der Waals surface area contributed by atoms with Gasteiger partial charge in [-0.2, -0.15) is 0 Å². The van der Waals surface area contributed by atoms with E-state index in [4.69, 9.17) is 0 Å². The highest BCUT2D eigenvalue weighted by Crippen LogP contribution is 2.26. The number of hydrogen-bond donors (Lipinski definition) is 1. The van der Waals surface area contributed by atoms with Gasteiger partial charge in [0.2, 0.25) is 0 Å². The van der Waals surface area contributed by atoms with Crippen LogP contribution in [0.2, 0.25) is 0 Å². The maximum atomic E-state index is 4.48. The summed E-state index contributed by atoms with van der Waals surface area (Å²) in [4.78, 5) is 7.26. The van der Waals surface area contributed by atoms with Crippen molar-refractivity contribution in [2.24, 2.45) is 0 Å². The van der Waals surface area contributed by atoms with Gasteiger partial charge in [0.05, 0.1) is 15.2 Å². The molecule has 1 N–H and O–H groups in total. The SMILES string of the molecule is Cc1cc(CNc2ccc3nc(C)sc3c2)c(C)s1. The van der Waals surface area contributed by atoms with Crippen LogP contribution in [0.1, 0.15) is 20.3 Å². The number of hydrogen-bond acceptors (Lipinski definition) is 4. The molecule has 0 fully saturated rings. The van der Waals surface area contributed by atoms with Crippen LogP contribution in [0.15, 0.2) is 24.3 Å². The lowest BCUT2D eigenvalue weighted by molar-refractivity contribution is 1.14. The van der Waals surface area contributed by atoms with Crippen LogP contribution in [-0.4, -0.2) is 4.98 Å². The number of fused-ring (bicyclic) bond motifs is 1. The van der Waals surface area contributed by atoms with Crippen molar-refractivity contribution in [1.29, 1.82) is 0 Å². The Morgan fingerprint density at radius 1 is 1.11 bits per heavy atom. The topological polar surface area (TPSA) is 24.9 Å². The molecule has 98 valence electrons. The van der Waals surface area contributed by atoms with Crippen molar-refractivity contribution in [2.75, 3.05) is 5.32 Å². The van der Waals surface area contributed by atoms with Gasteiger partial charge in [-0.15, -0.1) is 22.7 Å². The van der Waals surface area contributed by atoms with Gasteiger partial charge in [0.25, 0.3) is 0 Å². The van der Waals surface area contributed by atoms with E-state index in [1.807, 2.05) is 11.3 Å². The number of rotatable bonds is 3. The Morgan fingerprint density at radius 2 is 1.95 bits per heavy atom. The second-order valence-electron chi connectivity index (χ2n) is 4.71. The summed E-state index contributed by atoms with van der Waals surface area (Å²) in [5, 5.41) is 4.62. The number of anilines is 1. The van der Waals surface area contributed by atoms with Crippen LogP contribution in [0.5, 0.6) is 0 Å². The zero-order valence-electron chi connectivity index (χ0n) is 11.3. The lowest BCUT2D eigenvalue weighted by Crippen LogP contribution is -1.98. The number of benzene rings is 1. The van der Waals surface area contributed by atoms with E-state index in [1.165, 1.54) is 25.7 Å². The maximum Gasteiger partial charge on any atom is 0.0907 e. The summed E-state index contributed by atoms with van der Waals surface area (Å²) in [6.07, 6.45) is 0. The van der Waals surface area contributed by atoms with Gasteiger partial charge in [-0.05, 0) is 50.6 Å². The minimum Gasteiger partial charge on any atom is -0.381 e. The second-order valence-corrected chi connectivity index (χ2v) is 7.40. The molecule has 4 heteroatoms. The fraction of sp³-hybridized carbons (Fsp3) is 0.267. The Bertz CT molecular complexity index is 725. The van der Waals surface area contributed by atoms with E-state index in [-0.39, 0.29) is 0 Å². The van der Waals surface area contributed by atoms with E-state index in [9.17, 15) is 0 Å². The molecule has 2 nitrogen and oxygen atoms in total. The number of aryl methyl sites for hydroxylation is 3. The van der Waals surface area contributed by atoms with Gasteiger partial charge < -0.3 is 5.32 Å². The van der Waals surface area contributed by atoms with Crippen LogP contribution in [0.3, 0.4) is 0 Å². The van der Waals surface area contributed by atoms with E-state index in [0.29, 0.717) is 0 Å². The molecular formula is C15H16N2S2. The van der Waals surface area contributed by atoms with Crippen LogP contribution in [0.4, 0.5) is 5.69 Å². The Morgan fingerprint density at radius 3 is 2.68 bits per heavy atom. The van der Waals surface area contributed by atoms with Crippen molar-refractivity contribution in [3.05, 3.63) is 44.6 Å². The summed E-state index contributed by atoms with van der Waals surface area (Å²) < 4.78 is 1.25. The van der Waals surface area contributed by atoms with Gasteiger partial charge in [-0.3, -0.25) is 0 Å². The second kappa shape index (κ2) is 4.94. The minimum absolute atomic E-state index is 0.888. The Kier molecular flexibility index (Phi) is 3.29. The highest BCUT2D eigenvalue weighted by Gasteiger charge is 2.04. The van der Waals surface area contributed by atoms with Gasteiger partial charge in [0, 0.05) is 22.0 Å². The van der Waals surface area contributed by atoms with E-state index >= 15 is 0 Å². The highest BCUT2D eigenvalue weighted by atomic mass is 32.1. The monoisotopic (exact) mass is 288 g/mol. The summed E-state index contributed by atoms with van der Waals surface area (Å²) in [6, 6.07) is 8.65. The highest BCUT2D eigenvalue weighted by molar-refractivity contribution is 7.18. The third kappa shape index (κ3) is 2.65. The molecule has 1 aromatic carbocycles. The van der Waals surface area contributed by atoms with E-state index in [1.54, 1.807) is 11.3 Å². The van der Waals surface area contributed by atoms with E-state index < -0.39 is 0 Å². The largest absolute Gasteiger partial charge is 0.381 e. The van der Waals surface area contributed by atoms with Gasteiger partial charge in [0.15, 0.2) is 0 Å². The first-order valence-corrected chi connectivity index (χ1v) is 7.92. The molecule has 3 rings (SSSR count). The maximum absolute atomic E-state index is 4.48. The Hall–Kier alpha value is -1.39. The van der Waals surface area contributed by atoms with Gasteiger partial charge in [-0.1, -0.05) is 0 Å². The molecule has 0 bridgehead atoms. The van der Waals surface area contributed by atoms with Crippen molar-refractivity contribution in [2.45, 2.75) is 27.3 Å². The first-order valence-electron chi connectivity index (χ1n) is 6.29. The van der Waals surface area contributed by atoms with Crippen molar-refractivity contribution >= 4 is 38.6 Å². The molecule has 0 amide bonds. The van der Waals surface area contributed by atoms with Gasteiger partial charge in [0.1, 0.15) is 0 Å². The van der Waals surface area contributed by atoms with Crippen LogP contribution in [0.25, 0.3) is 10.2 Å². The van der Waals surface area contributed by atoms with Crippen LogP contribution in [0, 0.1) is 20.8 Å². The Balaban J connectivity index is 1.79. The average Bonchev–Trinajstić information content (AvgIpc) is 2.87. The molecule has 0 aliphatic carbocycles. The zero-order chi connectivity index (χ0) is 13.4. The van der Waals surface area contributed by atoms with Crippen molar-refractivity contribution in [3.8, 4) is 0 Å². The molecule has 0 unspecified atom stereocenters. The molecule has 0 spiro atoms. The van der Waals surface area contributed by atoms with Gasteiger partial charge >= 0.3 is 0 Å². The van der Waals surface area contributed by atoms with Crippen LogP contribution >= 0.6 is 22.7 Å². The molecule has 2 heterocycles. The first kappa shape index (κ1) is 12.6. The summed E-state index contributed by atoms with van der Waals surface area (Å²) in [5.41, 5.74) is 3.65. The molecular weight excluding hydrogens is 272 g/mol. The predicted octanol–water partition coefficient (Wildman–Crippen LogP) is 4.90. The normalized spacial score (nSPS) is 11.1. The van der Waals surface area contributed by atoms with E-state index in [2.05, 4.69) is 55.3 Å². The summed E-state index contributed by atoms with van der Waals surface area (Å²) in [6.45, 7) is 7.28. The standard InChI is InChI=1S/C15H16N2S2/c1-9-6-12(10(2)18-9)8-16-13-4-5-14-15(7-13)19-11(3)17-14/h4-7,16H,8H2,1-3H3. The average molecular weight is 288 g/mol. The van der Waals surface area contributed by atoms with Crippen LogP contribution < -0.4 is 5.32 Å². The molecule has 0 aliphatic rings. The van der Waals surface area contributed by atoms with Crippen molar-refractivity contribution < 1.29 is 0 Å². The predicted molar refractivity (Wildman–Crippen MR) is 85.5 cm³/mol. The smallest absolute Gasteiger partial charge is 0.0907 e. The molecule has 2 aromatic heterocycles. The number of thiazole rings is 1. The quantitative estimate of drug-likeness (QED) is 0.742. The number of thiophene rings is 1. The number of nitrogens with one attached hydrogen (secondary N) is 1. The molecule has 19 heavy (non-hydrogen) atoms. The number of nitrogens with zero attached hydrogens (tertiary/aromatic N) is 1. The minimum atomic E-state index is 0.888.